The van der Waals surface area contributed by atoms with E-state index in [-0.39, 0.29) is 36.5 Å². The molecule has 0 saturated heterocycles. The van der Waals surface area contributed by atoms with Gasteiger partial charge in [0.05, 0.1) is 29.3 Å². The van der Waals surface area contributed by atoms with E-state index in [1.54, 1.807) is 6.92 Å². The van der Waals surface area contributed by atoms with Crippen LogP contribution in [-0.4, -0.2) is 21.7 Å². The summed E-state index contributed by atoms with van der Waals surface area (Å²) in [5.41, 5.74) is 5.40. The van der Waals surface area contributed by atoms with Gasteiger partial charge in [-0.3, -0.25) is 4.79 Å². The minimum atomic E-state index is -4.42. The van der Waals surface area contributed by atoms with Crippen LogP contribution in [0.3, 0.4) is 0 Å². The first-order valence-electron chi connectivity index (χ1n) is 6.53. The molecule has 1 unspecified atom stereocenters. The molecule has 0 bridgehead atoms. The minimum absolute atomic E-state index is 0. The molecule has 0 saturated carbocycles. The Hall–Kier alpha value is -2.06. The summed E-state index contributed by atoms with van der Waals surface area (Å²) in [5, 5.41) is 6.53. The highest BCUT2D eigenvalue weighted by Crippen LogP contribution is 2.30. The number of nitrogens with two attached hydrogens (primary N) is 1. The normalized spacial score (nSPS) is 12.4. The van der Waals surface area contributed by atoms with E-state index >= 15 is 0 Å². The van der Waals surface area contributed by atoms with Crippen LogP contribution in [0.2, 0.25) is 0 Å². The van der Waals surface area contributed by atoms with E-state index in [2.05, 4.69) is 10.4 Å². The quantitative estimate of drug-likeness (QED) is 0.892. The van der Waals surface area contributed by atoms with Crippen molar-refractivity contribution in [1.29, 1.82) is 0 Å². The second-order valence-corrected chi connectivity index (χ2v) is 4.95. The number of rotatable bonds is 4. The molecule has 3 N–H and O–H groups in total. The lowest BCUT2D eigenvalue weighted by atomic mass is 10.2. The Morgan fingerprint density at radius 2 is 2.13 bits per heavy atom. The highest BCUT2D eigenvalue weighted by molar-refractivity contribution is 5.90. The molecule has 9 heteroatoms. The van der Waals surface area contributed by atoms with Crippen molar-refractivity contribution >= 4 is 24.0 Å². The summed E-state index contributed by atoms with van der Waals surface area (Å²) in [7, 11) is 0. The molecule has 23 heavy (non-hydrogen) atoms. The van der Waals surface area contributed by atoms with Crippen molar-refractivity contribution in [3.8, 4) is 5.69 Å². The third kappa shape index (κ3) is 5.26. The van der Waals surface area contributed by atoms with Crippen molar-refractivity contribution in [2.24, 2.45) is 5.73 Å². The van der Waals surface area contributed by atoms with E-state index < -0.39 is 11.7 Å². The highest BCUT2D eigenvalue weighted by Gasteiger charge is 2.30. The summed E-state index contributed by atoms with van der Waals surface area (Å²) >= 11 is 0. The van der Waals surface area contributed by atoms with Crippen molar-refractivity contribution in [1.82, 2.24) is 9.78 Å². The molecule has 1 aromatic carbocycles. The number of hydrogen-bond donors (Lipinski definition) is 2. The van der Waals surface area contributed by atoms with Gasteiger partial charge in [-0.15, -0.1) is 12.4 Å². The molecular weight excluding hydrogens is 333 g/mol. The molecule has 1 heterocycles. The van der Waals surface area contributed by atoms with Crippen molar-refractivity contribution in [2.75, 3.05) is 5.32 Å². The van der Waals surface area contributed by atoms with Gasteiger partial charge in [-0.2, -0.15) is 18.3 Å². The largest absolute Gasteiger partial charge is 0.416 e. The van der Waals surface area contributed by atoms with E-state index in [0.29, 0.717) is 5.69 Å². The third-order valence-corrected chi connectivity index (χ3v) is 2.81. The number of alkyl halides is 3. The maximum atomic E-state index is 12.7. The smallest absolute Gasteiger partial charge is 0.327 e. The Kier molecular flexibility index (Phi) is 6.17. The molecule has 2 rings (SSSR count). The van der Waals surface area contributed by atoms with Gasteiger partial charge >= 0.3 is 6.18 Å². The Bertz CT molecular complexity index is 670. The Balaban J connectivity index is 0.00000264. The van der Waals surface area contributed by atoms with Crippen molar-refractivity contribution in [3.05, 3.63) is 42.2 Å². The molecule has 1 amide bonds. The molecule has 0 fully saturated rings. The number of halogens is 4. The average molecular weight is 349 g/mol. The SMILES string of the molecule is CC(N)CC(=O)Nc1cnn(-c2cccc(C(F)(F)F)c2)c1.Cl. The fraction of sp³-hybridized carbons (Fsp3) is 0.286. The van der Waals surface area contributed by atoms with E-state index in [4.69, 9.17) is 5.73 Å². The zero-order chi connectivity index (χ0) is 16.3. The van der Waals surface area contributed by atoms with Crippen LogP contribution in [0.1, 0.15) is 18.9 Å². The topological polar surface area (TPSA) is 72.9 Å². The van der Waals surface area contributed by atoms with Crippen LogP contribution < -0.4 is 11.1 Å². The van der Waals surface area contributed by atoms with Gasteiger partial charge in [0.15, 0.2) is 0 Å². The van der Waals surface area contributed by atoms with Gasteiger partial charge in [-0.25, -0.2) is 4.68 Å². The summed E-state index contributed by atoms with van der Waals surface area (Å²) in [6.07, 6.45) is -1.47. The zero-order valence-electron chi connectivity index (χ0n) is 12.2. The van der Waals surface area contributed by atoms with E-state index in [0.717, 1.165) is 12.1 Å². The predicted octanol–water partition coefficient (Wildman–Crippen LogP) is 2.99. The van der Waals surface area contributed by atoms with Crippen LogP contribution in [0.4, 0.5) is 18.9 Å². The summed E-state index contributed by atoms with van der Waals surface area (Å²) in [5.74, 6) is -0.279. The molecule has 2 aromatic rings. The number of nitrogens with zero attached hydrogens (tertiary/aromatic N) is 2. The number of carbonyl (C=O) groups is 1. The van der Waals surface area contributed by atoms with Crippen LogP contribution in [0.25, 0.3) is 5.69 Å². The molecule has 0 spiro atoms. The first-order chi connectivity index (χ1) is 10.3. The van der Waals surface area contributed by atoms with Gasteiger partial charge in [0.2, 0.25) is 5.91 Å². The van der Waals surface area contributed by atoms with E-state index in [9.17, 15) is 18.0 Å². The van der Waals surface area contributed by atoms with Crippen molar-refractivity contribution < 1.29 is 18.0 Å². The second-order valence-electron chi connectivity index (χ2n) is 4.95. The molecule has 0 aliphatic carbocycles. The first-order valence-corrected chi connectivity index (χ1v) is 6.53. The fourth-order valence-electron chi connectivity index (χ4n) is 1.86. The number of carbonyl (C=O) groups excluding carboxylic acids is 1. The maximum absolute atomic E-state index is 12.7. The van der Waals surface area contributed by atoms with Crippen LogP contribution in [0, 0.1) is 0 Å². The molecule has 0 radical (unpaired) electrons. The average Bonchev–Trinajstić information content (AvgIpc) is 2.85. The van der Waals surface area contributed by atoms with Gasteiger partial charge in [0.25, 0.3) is 0 Å². The Morgan fingerprint density at radius 3 is 2.74 bits per heavy atom. The monoisotopic (exact) mass is 348 g/mol. The van der Waals surface area contributed by atoms with Crippen LogP contribution in [0.15, 0.2) is 36.7 Å². The van der Waals surface area contributed by atoms with Gasteiger partial charge < -0.3 is 11.1 Å². The first kappa shape index (κ1) is 19.0. The third-order valence-electron chi connectivity index (χ3n) is 2.81. The van der Waals surface area contributed by atoms with Crippen LogP contribution in [-0.2, 0) is 11.0 Å². The zero-order valence-corrected chi connectivity index (χ0v) is 13.0. The van der Waals surface area contributed by atoms with Crippen LogP contribution >= 0.6 is 12.4 Å². The van der Waals surface area contributed by atoms with Gasteiger partial charge in [0, 0.05) is 12.5 Å². The lowest BCUT2D eigenvalue weighted by molar-refractivity contribution is -0.137. The minimum Gasteiger partial charge on any atom is -0.327 e. The number of hydrogen-bond acceptors (Lipinski definition) is 3. The van der Waals surface area contributed by atoms with Crippen molar-refractivity contribution in [3.63, 3.8) is 0 Å². The summed E-state index contributed by atoms with van der Waals surface area (Å²) in [4.78, 5) is 11.6. The molecule has 1 aromatic heterocycles. The highest BCUT2D eigenvalue weighted by atomic mass is 35.5. The molecule has 1 atom stereocenters. The number of nitrogens with one attached hydrogen (secondary N) is 1. The summed E-state index contributed by atoms with van der Waals surface area (Å²) in [6.45, 7) is 1.70. The summed E-state index contributed by atoms with van der Waals surface area (Å²) < 4.78 is 39.3. The lowest BCUT2D eigenvalue weighted by Gasteiger charge is -2.08. The lowest BCUT2D eigenvalue weighted by Crippen LogP contribution is -2.23. The molecular formula is C14H16ClF3N4O. The number of benzene rings is 1. The maximum Gasteiger partial charge on any atom is 0.416 e. The van der Waals surface area contributed by atoms with Gasteiger partial charge in [0.1, 0.15) is 0 Å². The van der Waals surface area contributed by atoms with Crippen LogP contribution in [0.5, 0.6) is 0 Å². The summed E-state index contributed by atoms with van der Waals surface area (Å²) in [6, 6.07) is 4.49. The molecule has 5 nitrogen and oxygen atoms in total. The molecule has 0 aliphatic heterocycles. The standard InChI is InChI=1S/C14H15F3N4O.ClH/c1-9(18)5-13(22)20-11-7-19-21(8-11)12-4-2-3-10(6-12)14(15,16)17;/h2-4,6-9H,5,18H2,1H3,(H,20,22);1H. The fourth-order valence-corrected chi connectivity index (χ4v) is 1.86. The molecule has 0 aliphatic rings. The molecule has 126 valence electrons. The van der Waals surface area contributed by atoms with E-state index in [1.165, 1.54) is 29.2 Å². The van der Waals surface area contributed by atoms with Gasteiger partial charge in [-0.1, -0.05) is 6.07 Å². The van der Waals surface area contributed by atoms with Gasteiger partial charge in [-0.05, 0) is 25.1 Å². The van der Waals surface area contributed by atoms with Crippen molar-refractivity contribution in [2.45, 2.75) is 25.6 Å². The second kappa shape index (κ2) is 7.47. The Labute approximate surface area is 137 Å². The Morgan fingerprint density at radius 1 is 1.43 bits per heavy atom. The number of amides is 1. The number of aromatic nitrogens is 2. The van der Waals surface area contributed by atoms with E-state index in [1.807, 2.05) is 0 Å². The predicted molar refractivity (Wildman–Crippen MR) is 82.7 cm³/mol. The number of anilines is 1.